The summed E-state index contributed by atoms with van der Waals surface area (Å²) in [7, 11) is 0. The first-order valence-electron chi connectivity index (χ1n) is 5.91. The van der Waals surface area contributed by atoms with Crippen molar-refractivity contribution < 1.29 is 0 Å². The Labute approximate surface area is 103 Å². The van der Waals surface area contributed by atoms with Gasteiger partial charge in [-0.3, -0.25) is 0 Å². The van der Waals surface area contributed by atoms with Crippen LogP contribution >= 0.6 is 11.6 Å². The number of halogens is 1. The average molecular weight is 239 g/mol. The lowest BCUT2D eigenvalue weighted by molar-refractivity contribution is 0.390. The minimum atomic E-state index is 0.562. The number of nitrogens with zero attached hydrogens (tertiary/aromatic N) is 1. The first-order chi connectivity index (χ1) is 7.68. The third-order valence-electron chi connectivity index (χ3n) is 3.19. The standard InChI is InChI=1S/C13H19ClN2/c1-10(2)13-9-15-6-7-16(13)12-5-3-4-11(14)8-12/h3-5,8,10,13,15H,6-7,9H2,1-2H3. The predicted molar refractivity (Wildman–Crippen MR) is 70.3 cm³/mol. The Morgan fingerprint density at radius 3 is 2.94 bits per heavy atom. The van der Waals surface area contributed by atoms with E-state index in [1.807, 2.05) is 12.1 Å². The summed E-state index contributed by atoms with van der Waals surface area (Å²) in [4.78, 5) is 2.47. The summed E-state index contributed by atoms with van der Waals surface area (Å²) in [5.41, 5.74) is 1.24. The van der Waals surface area contributed by atoms with Crippen LogP contribution in [0.4, 0.5) is 5.69 Å². The summed E-state index contributed by atoms with van der Waals surface area (Å²) < 4.78 is 0. The van der Waals surface area contributed by atoms with Crippen LogP contribution in [0.3, 0.4) is 0 Å². The largest absolute Gasteiger partial charge is 0.366 e. The third-order valence-corrected chi connectivity index (χ3v) is 3.43. The van der Waals surface area contributed by atoms with Crippen molar-refractivity contribution in [3.63, 3.8) is 0 Å². The van der Waals surface area contributed by atoms with Gasteiger partial charge in [-0.25, -0.2) is 0 Å². The highest BCUT2D eigenvalue weighted by atomic mass is 35.5. The van der Waals surface area contributed by atoms with Gasteiger partial charge in [-0.05, 0) is 24.1 Å². The van der Waals surface area contributed by atoms with Crippen LogP contribution in [0, 0.1) is 5.92 Å². The zero-order valence-electron chi connectivity index (χ0n) is 9.91. The monoisotopic (exact) mass is 238 g/mol. The lowest BCUT2D eigenvalue weighted by Gasteiger charge is -2.40. The van der Waals surface area contributed by atoms with Crippen molar-refractivity contribution in [1.82, 2.24) is 5.32 Å². The maximum atomic E-state index is 6.05. The molecule has 0 aliphatic carbocycles. The van der Waals surface area contributed by atoms with E-state index in [9.17, 15) is 0 Å². The van der Waals surface area contributed by atoms with Gasteiger partial charge in [0.25, 0.3) is 0 Å². The minimum Gasteiger partial charge on any atom is -0.366 e. The molecule has 88 valence electrons. The number of rotatable bonds is 2. The number of piperazine rings is 1. The van der Waals surface area contributed by atoms with Crippen molar-refractivity contribution >= 4 is 17.3 Å². The molecule has 1 aromatic carbocycles. The van der Waals surface area contributed by atoms with Gasteiger partial charge in [-0.1, -0.05) is 31.5 Å². The Balaban J connectivity index is 2.23. The molecule has 0 aromatic heterocycles. The molecule has 0 saturated carbocycles. The van der Waals surface area contributed by atoms with Gasteiger partial charge in [0.05, 0.1) is 0 Å². The first-order valence-corrected chi connectivity index (χ1v) is 6.29. The topological polar surface area (TPSA) is 15.3 Å². The number of hydrogen-bond donors (Lipinski definition) is 1. The van der Waals surface area contributed by atoms with Gasteiger partial charge in [0.15, 0.2) is 0 Å². The van der Waals surface area contributed by atoms with Crippen LogP contribution < -0.4 is 10.2 Å². The van der Waals surface area contributed by atoms with Crippen LogP contribution in [0.15, 0.2) is 24.3 Å². The molecule has 1 heterocycles. The molecule has 1 aliphatic rings. The van der Waals surface area contributed by atoms with Crippen LogP contribution in [-0.4, -0.2) is 25.7 Å². The SMILES string of the molecule is CC(C)C1CNCCN1c1cccc(Cl)c1. The summed E-state index contributed by atoms with van der Waals surface area (Å²) in [5, 5.41) is 4.27. The Morgan fingerprint density at radius 2 is 2.25 bits per heavy atom. The fraction of sp³-hybridized carbons (Fsp3) is 0.538. The molecule has 3 heteroatoms. The second kappa shape index (κ2) is 5.07. The van der Waals surface area contributed by atoms with E-state index in [0.717, 1.165) is 24.7 Å². The highest BCUT2D eigenvalue weighted by molar-refractivity contribution is 6.30. The molecule has 1 fully saturated rings. The number of hydrogen-bond acceptors (Lipinski definition) is 2. The van der Waals surface area contributed by atoms with E-state index in [1.54, 1.807) is 0 Å². The van der Waals surface area contributed by atoms with E-state index in [1.165, 1.54) is 5.69 Å². The molecule has 16 heavy (non-hydrogen) atoms. The summed E-state index contributed by atoms with van der Waals surface area (Å²) in [6, 6.07) is 8.72. The Bertz CT molecular complexity index is 352. The van der Waals surface area contributed by atoms with Gasteiger partial charge in [0.1, 0.15) is 0 Å². The molecular weight excluding hydrogens is 220 g/mol. The van der Waals surface area contributed by atoms with E-state index in [4.69, 9.17) is 11.6 Å². The molecule has 1 aromatic rings. The molecule has 2 rings (SSSR count). The summed E-state index contributed by atoms with van der Waals surface area (Å²) in [5.74, 6) is 0.645. The highest BCUT2D eigenvalue weighted by Crippen LogP contribution is 2.24. The number of benzene rings is 1. The van der Waals surface area contributed by atoms with Crippen LogP contribution in [0.5, 0.6) is 0 Å². The van der Waals surface area contributed by atoms with Gasteiger partial charge < -0.3 is 10.2 Å². The van der Waals surface area contributed by atoms with Crippen LogP contribution in [-0.2, 0) is 0 Å². The maximum Gasteiger partial charge on any atom is 0.0438 e. The number of nitrogens with one attached hydrogen (secondary N) is 1. The van der Waals surface area contributed by atoms with Gasteiger partial charge in [-0.15, -0.1) is 0 Å². The quantitative estimate of drug-likeness (QED) is 0.853. The predicted octanol–water partition coefficient (Wildman–Crippen LogP) is 2.77. The van der Waals surface area contributed by atoms with Crippen molar-refractivity contribution in [1.29, 1.82) is 0 Å². The Hall–Kier alpha value is -0.730. The number of anilines is 1. The van der Waals surface area contributed by atoms with Crippen molar-refractivity contribution in [2.75, 3.05) is 24.5 Å². The second-order valence-corrected chi connectivity index (χ2v) is 5.13. The normalized spacial score (nSPS) is 21.5. The molecule has 0 radical (unpaired) electrons. The van der Waals surface area contributed by atoms with Crippen molar-refractivity contribution in [2.24, 2.45) is 5.92 Å². The Kier molecular flexibility index (Phi) is 3.72. The van der Waals surface area contributed by atoms with Crippen LogP contribution in [0.25, 0.3) is 0 Å². The van der Waals surface area contributed by atoms with E-state index >= 15 is 0 Å². The smallest absolute Gasteiger partial charge is 0.0438 e. The first kappa shape index (κ1) is 11.7. The zero-order chi connectivity index (χ0) is 11.5. The van der Waals surface area contributed by atoms with Gasteiger partial charge in [0, 0.05) is 36.4 Å². The molecule has 1 atom stereocenters. The van der Waals surface area contributed by atoms with Gasteiger partial charge in [0.2, 0.25) is 0 Å². The van der Waals surface area contributed by atoms with Gasteiger partial charge >= 0.3 is 0 Å². The van der Waals surface area contributed by atoms with Crippen LogP contribution in [0.1, 0.15) is 13.8 Å². The molecule has 2 nitrogen and oxygen atoms in total. The van der Waals surface area contributed by atoms with Crippen molar-refractivity contribution in [3.8, 4) is 0 Å². The molecule has 1 aliphatic heterocycles. The second-order valence-electron chi connectivity index (χ2n) is 4.69. The molecule has 0 amide bonds. The summed E-state index contributed by atoms with van der Waals surface area (Å²) >= 11 is 6.05. The van der Waals surface area contributed by atoms with Crippen molar-refractivity contribution in [2.45, 2.75) is 19.9 Å². The highest BCUT2D eigenvalue weighted by Gasteiger charge is 2.24. The van der Waals surface area contributed by atoms with E-state index in [-0.39, 0.29) is 0 Å². The van der Waals surface area contributed by atoms with Gasteiger partial charge in [-0.2, -0.15) is 0 Å². The molecule has 0 bridgehead atoms. The molecular formula is C13H19ClN2. The van der Waals surface area contributed by atoms with Crippen molar-refractivity contribution in [3.05, 3.63) is 29.3 Å². The third kappa shape index (κ3) is 2.50. The molecule has 1 unspecified atom stereocenters. The van der Waals surface area contributed by atoms with E-state index in [0.29, 0.717) is 12.0 Å². The molecule has 1 N–H and O–H groups in total. The Morgan fingerprint density at radius 1 is 1.44 bits per heavy atom. The van der Waals surface area contributed by atoms with Crippen LogP contribution in [0.2, 0.25) is 5.02 Å². The fourth-order valence-electron chi connectivity index (χ4n) is 2.30. The average Bonchev–Trinajstić information content (AvgIpc) is 2.29. The zero-order valence-corrected chi connectivity index (χ0v) is 10.7. The van der Waals surface area contributed by atoms with E-state index < -0.39 is 0 Å². The fourth-order valence-corrected chi connectivity index (χ4v) is 2.48. The maximum absolute atomic E-state index is 6.05. The lowest BCUT2D eigenvalue weighted by atomic mass is 10.00. The minimum absolute atomic E-state index is 0.562. The molecule has 0 spiro atoms. The molecule has 1 saturated heterocycles. The van der Waals surface area contributed by atoms with E-state index in [2.05, 4.69) is 36.2 Å². The summed E-state index contributed by atoms with van der Waals surface area (Å²) in [6.45, 7) is 7.72. The lowest BCUT2D eigenvalue weighted by Crippen LogP contribution is -2.53. The summed E-state index contributed by atoms with van der Waals surface area (Å²) in [6.07, 6.45) is 0.